The third-order valence-electron chi connectivity index (χ3n) is 5.91. The molecule has 0 fully saturated rings. The topological polar surface area (TPSA) is 57.5 Å². The van der Waals surface area contributed by atoms with Crippen LogP contribution < -0.4 is 9.47 Å². The molecule has 0 aliphatic carbocycles. The number of ketones is 1. The molecule has 34 heavy (non-hydrogen) atoms. The Balaban J connectivity index is 1.41. The summed E-state index contributed by atoms with van der Waals surface area (Å²) in [7, 11) is 0. The molecular weight excluding hydrogens is 426 g/mol. The van der Waals surface area contributed by atoms with Crippen LogP contribution in [0.15, 0.2) is 84.8 Å². The van der Waals surface area contributed by atoms with Crippen LogP contribution in [0.4, 0.5) is 0 Å². The van der Waals surface area contributed by atoms with E-state index in [-0.39, 0.29) is 11.5 Å². The van der Waals surface area contributed by atoms with Gasteiger partial charge in [0.2, 0.25) is 5.78 Å². The van der Waals surface area contributed by atoms with Crippen molar-refractivity contribution in [2.45, 2.75) is 20.4 Å². The Morgan fingerprint density at radius 1 is 1.03 bits per heavy atom. The molecule has 0 saturated heterocycles. The van der Waals surface area contributed by atoms with E-state index in [2.05, 4.69) is 17.6 Å². The Bertz CT molecular complexity index is 1480. The molecule has 3 aromatic carbocycles. The minimum atomic E-state index is -0.501. The number of para-hydroxylation sites is 1. The van der Waals surface area contributed by atoms with Crippen molar-refractivity contribution in [2.24, 2.45) is 0 Å². The second kappa shape index (κ2) is 8.87. The molecule has 0 atom stereocenters. The average molecular weight is 450 g/mol. The fourth-order valence-electron chi connectivity index (χ4n) is 4.14. The molecule has 0 amide bonds. The molecule has 5 heteroatoms. The van der Waals surface area contributed by atoms with E-state index < -0.39 is 5.97 Å². The zero-order valence-corrected chi connectivity index (χ0v) is 18.9. The first-order valence-corrected chi connectivity index (χ1v) is 11.2. The molecular formula is C29H23NO4. The predicted octanol–water partition coefficient (Wildman–Crippen LogP) is 6.20. The second-order valence-corrected chi connectivity index (χ2v) is 8.06. The maximum atomic E-state index is 13.0. The molecule has 0 spiro atoms. The van der Waals surface area contributed by atoms with Gasteiger partial charge < -0.3 is 14.0 Å². The summed E-state index contributed by atoms with van der Waals surface area (Å²) >= 11 is 0. The van der Waals surface area contributed by atoms with Crippen LogP contribution >= 0.6 is 0 Å². The van der Waals surface area contributed by atoms with Gasteiger partial charge >= 0.3 is 5.97 Å². The SMILES string of the molecule is CCn1cc(/C=C2/Oc3c(ccc(OC(=O)/C=C/c4ccccc4)c3C)C2=O)c2ccccc21. The Morgan fingerprint density at radius 2 is 1.79 bits per heavy atom. The van der Waals surface area contributed by atoms with Crippen LogP contribution in [0.3, 0.4) is 0 Å². The molecule has 4 aromatic rings. The number of benzene rings is 3. The standard InChI is InChI=1S/C29H23NO4/c1-3-30-18-21(22-11-7-8-12-24(22)30)17-26-28(32)23-14-15-25(19(2)29(23)34-26)33-27(31)16-13-20-9-5-4-6-10-20/h4-18H,3H2,1-2H3/b16-13+,26-17+. The van der Waals surface area contributed by atoms with Gasteiger partial charge in [-0.3, -0.25) is 4.79 Å². The van der Waals surface area contributed by atoms with Crippen molar-refractivity contribution in [2.75, 3.05) is 0 Å². The smallest absolute Gasteiger partial charge is 0.336 e. The molecule has 1 aliphatic heterocycles. The number of rotatable bonds is 5. The number of esters is 1. The lowest BCUT2D eigenvalue weighted by atomic mass is 10.1. The summed E-state index contributed by atoms with van der Waals surface area (Å²) in [4.78, 5) is 25.4. The number of carbonyl (C=O) groups is 2. The summed E-state index contributed by atoms with van der Waals surface area (Å²) in [6, 6.07) is 20.9. The van der Waals surface area contributed by atoms with Gasteiger partial charge in [0.05, 0.1) is 5.56 Å². The fourth-order valence-corrected chi connectivity index (χ4v) is 4.14. The van der Waals surface area contributed by atoms with Gasteiger partial charge in [-0.2, -0.15) is 0 Å². The number of hydrogen-bond donors (Lipinski definition) is 0. The van der Waals surface area contributed by atoms with E-state index >= 15 is 0 Å². The molecule has 0 radical (unpaired) electrons. The molecule has 0 saturated carbocycles. The normalized spacial score (nSPS) is 14.1. The third-order valence-corrected chi connectivity index (χ3v) is 5.91. The summed E-state index contributed by atoms with van der Waals surface area (Å²) in [5, 5.41) is 1.06. The van der Waals surface area contributed by atoms with Gasteiger partial charge in [0.15, 0.2) is 5.76 Å². The minimum absolute atomic E-state index is 0.187. The van der Waals surface area contributed by atoms with Gasteiger partial charge in [0, 0.05) is 40.8 Å². The first-order valence-electron chi connectivity index (χ1n) is 11.2. The molecule has 0 unspecified atom stereocenters. The maximum absolute atomic E-state index is 13.0. The van der Waals surface area contributed by atoms with Crippen molar-refractivity contribution in [3.63, 3.8) is 0 Å². The first-order chi connectivity index (χ1) is 16.5. The number of fused-ring (bicyclic) bond motifs is 2. The van der Waals surface area contributed by atoms with Gasteiger partial charge in [-0.1, -0.05) is 48.5 Å². The Morgan fingerprint density at radius 3 is 2.59 bits per heavy atom. The van der Waals surface area contributed by atoms with E-state index in [0.29, 0.717) is 22.6 Å². The van der Waals surface area contributed by atoms with Gasteiger partial charge in [0.25, 0.3) is 0 Å². The Hall–Kier alpha value is -4.38. The van der Waals surface area contributed by atoms with Crippen LogP contribution in [-0.4, -0.2) is 16.3 Å². The second-order valence-electron chi connectivity index (χ2n) is 8.06. The van der Waals surface area contributed by atoms with E-state index in [1.54, 1.807) is 31.2 Å². The first kappa shape index (κ1) is 21.5. The highest BCUT2D eigenvalue weighted by molar-refractivity contribution is 6.15. The van der Waals surface area contributed by atoms with Crippen molar-refractivity contribution in [3.8, 4) is 11.5 Å². The number of aromatic nitrogens is 1. The zero-order valence-electron chi connectivity index (χ0n) is 18.9. The van der Waals surface area contributed by atoms with Crippen LogP contribution in [0, 0.1) is 6.92 Å². The lowest BCUT2D eigenvalue weighted by Crippen LogP contribution is -2.05. The molecule has 0 N–H and O–H groups in total. The molecule has 1 aliphatic rings. The lowest BCUT2D eigenvalue weighted by Gasteiger charge is -2.08. The number of carbonyl (C=O) groups excluding carboxylic acids is 2. The van der Waals surface area contributed by atoms with Crippen LogP contribution in [0.2, 0.25) is 0 Å². The molecule has 168 valence electrons. The molecule has 5 rings (SSSR count). The number of ether oxygens (including phenoxy) is 2. The number of Topliss-reactive ketones (excluding diaryl/α,β-unsaturated/α-hetero) is 1. The van der Waals surface area contributed by atoms with Gasteiger partial charge in [-0.05, 0) is 49.8 Å². The zero-order chi connectivity index (χ0) is 23.7. The number of allylic oxidation sites excluding steroid dienone is 1. The van der Waals surface area contributed by atoms with Crippen molar-refractivity contribution in [3.05, 3.63) is 107 Å². The highest BCUT2D eigenvalue weighted by Crippen LogP contribution is 2.39. The van der Waals surface area contributed by atoms with Crippen molar-refractivity contribution in [1.29, 1.82) is 0 Å². The number of nitrogens with zero attached hydrogens (tertiary/aromatic N) is 1. The predicted molar refractivity (Wildman–Crippen MR) is 133 cm³/mol. The van der Waals surface area contributed by atoms with Crippen molar-refractivity contribution >= 4 is 34.8 Å². The molecule has 5 nitrogen and oxygen atoms in total. The van der Waals surface area contributed by atoms with E-state index in [4.69, 9.17) is 9.47 Å². The van der Waals surface area contributed by atoms with Crippen LogP contribution in [0.1, 0.15) is 34.0 Å². The van der Waals surface area contributed by atoms with Crippen LogP contribution in [-0.2, 0) is 11.3 Å². The average Bonchev–Trinajstić information content (AvgIpc) is 3.38. The third kappa shape index (κ3) is 3.92. The molecule has 1 aromatic heterocycles. The van der Waals surface area contributed by atoms with Crippen molar-refractivity contribution in [1.82, 2.24) is 4.57 Å². The number of aryl methyl sites for hydroxylation is 1. The minimum Gasteiger partial charge on any atom is -0.452 e. The fraction of sp³-hybridized carbons (Fsp3) is 0.103. The van der Waals surface area contributed by atoms with Gasteiger partial charge in [0.1, 0.15) is 11.5 Å². The summed E-state index contributed by atoms with van der Waals surface area (Å²) in [6.07, 6.45) is 6.88. The van der Waals surface area contributed by atoms with E-state index in [1.807, 2.05) is 54.7 Å². The lowest BCUT2D eigenvalue weighted by molar-refractivity contribution is -0.128. The Labute approximate surface area is 197 Å². The quantitative estimate of drug-likeness (QED) is 0.207. The van der Waals surface area contributed by atoms with E-state index in [0.717, 1.165) is 28.6 Å². The van der Waals surface area contributed by atoms with Gasteiger partial charge in [-0.25, -0.2) is 4.79 Å². The summed E-state index contributed by atoms with van der Waals surface area (Å²) < 4.78 is 13.6. The van der Waals surface area contributed by atoms with E-state index in [9.17, 15) is 9.59 Å². The van der Waals surface area contributed by atoms with Crippen LogP contribution in [0.25, 0.3) is 23.1 Å². The summed E-state index contributed by atoms with van der Waals surface area (Å²) in [6.45, 7) is 4.68. The number of hydrogen-bond acceptors (Lipinski definition) is 4. The molecule has 2 heterocycles. The molecule has 0 bridgehead atoms. The summed E-state index contributed by atoms with van der Waals surface area (Å²) in [5.41, 5.74) is 3.99. The monoisotopic (exact) mass is 449 g/mol. The summed E-state index contributed by atoms with van der Waals surface area (Å²) in [5.74, 6) is 0.350. The maximum Gasteiger partial charge on any atom is 0.336 e. The van der Waals surface area contributed by atoms with E-state index in [1.165, 1.54) is 6.08 Å². The largest absolute Gasteiger partial charge is 0.452 e. The van der Waals surface area contributed by atoms with Crippen molar-refractivity contribution < 1.29 is 19.1 Å². The van der Waals surface area contributed by atoms with Crippen LogP contribution in [0.5, 0.6) is 11.5 Å². The van der Waals surface area contributed by atoms with Gasteiger partial charge in [-0.15, -0.1) is 0 Å². The highest BCUT2D eigenvalue weighted by Gasteiger charge is 2.30. The highest BCUT2D eigenvalue weighted by atomic mass is 16.5. The Kier molecular flexibility index (Phi) is 5.60.